The molecule has 0 spiro atoms. The summed E-state index contributed by atoms with van der Waals surface area (Å²) in [5.74, 6) is -0.0392. The molecule has 1 fully saturated rings. The molecule has 1 aromatic heterocycles. The van der Waals surface area contributed by atoms with Crippen molar-refractivity contribution in [2.75, 3.05) is 25.0 Å². The second kappa shape index (κ2) is 8.63. The predicted octanol–water partition coefficient (Wildman–Crippen LogP) is 2.23. The van der Waals surface area contributed by atoms with Gasteiger partial charge in [0.05, 0.1) is 5.92 Å². The van der Waals surface area contributed by atoms with Crippen molar-refractivity contribution in [3.8, 4) is 11.8 Å². The van der Waals surface area contributed by atoms with Gasteiger partial charge in [-0.1, -0.05) is 11.2 Å². The first-order valence-corrected chi connectivity index (χ1v) is 10.6. The highest BCUT2D eigenvalue weighted by molar-refractivity contribution is 7.89. The highest BCUT2D eigenvalue weighted by atomic mass is 32.2. The fraction of sp³-hybridized carbons (Fsp3) is 0.421. The number of sulfonamides is 1. The van der Waals surface area contributed by atoms with Crippen LogP contribution in [0.5, 0.6) is 5.75 Å². The van der Waals surface area contributed by atoms with Gasteiger partial charge in [-0.2, -0.15) is 9.57 Å². The van der Waals surface area contributed by atoms with Crippen LogP contribution in [-0.2, 0) is 14.8 Å². The Hall–Kier alpha value is -2.90. The molecule has 1 saturated heterocycles. The molecule has 1 aromatic carbocycles. The van der Waals surface area contributed by atoms with Gasteiger partial charge in [0.25, 0.3) is 0 Å². The number of nitrogens with zero attached hydrogens (tertiary/aromatic N) is 3. The quantitative estimate of drug-likeness (QED) is 0.762. The fourth-order valence-electron chi connectivity index (χ4n) is 3.37. The van der Waals surface area contributed by atoms with Crippen LogP contribution >= 0.6 is 0 Å². The topological polar surface area (TPSA) is 126 Å². The number of nitriles is 1. The minimum absolute atomic E-state index is 0.0703. The fourth-order valence-corrected chi connectivity index (χ4v) is 5.19. The Morgan fingerprint density at radius 3 is 2.93 bits per heavy atom. The Balaban J connectivity index is 1.71. The lowest BCUT2D eigenvalue weighted by atomic mass is 9.98. The number of ether oxygens (including phenoxy) is 1. The van der Waals surface area contributed by atoms with Gasteiger partial charge < -0.3 is 14.6 Å². The molecular formula is C19H22N4O5S. The van der Waals surface area contributed by atoms with Gasteiger partial charge in [-0.05, 0) is 38.8 Å². The van der Waals surface area contributed by atoms with E-state index in [4.69, 9.17) is 14.5 Å². The third-order valence-electron chi connectivity index (χ3n) is 4.73. The first-order valence-electron chi connectivity index (χ1n) is 9.16. The number of aromatic nitrogens is 1. The molecule has 29 heavy (non-hydrogen) atoms. The van der Waals surface area contributed by atoms with Gasteiger partial charge in [-0.3, -0.25) is 4.79 Å². The van der Waals surface area contributed by atoms with Crippen LogP contribution in [0.3, 0.4) is 0 Å². The van der Waals surface area contributed by atoms with Crippen molar-refractivity contribution < 1.29 is 22.5 Å². The normalized spacial score (nSPS) is 17.5. The molecule has 2 aromatic rings. The van der Waals surface area contributed by atoms with E-state index in [0.717, 1.165) is 0 Å². The summed E-state index contributed by atoms with van der Waals surface area (Å²) in [6.45, 7) is 3.48. The van der Waals surface area contributed by atoms with E-state index in [9.17, 15) is 13.2 Å². The standard InChI is InChI=1S/C19H22N4O5S/c1-13-18(14(2)28-22-13)29(25,26)23-9-4-5-15(12-23)19(24)21-16-6-3-7-17(11-16)27-10-8-20/h3,6-7,11,15H,4-5,9-10,12H2,1-2H3,(H,21,24). The molecule has 1 amide bonds. The molecule has 0 bridgehead atoms. The van der Waals surface area contributed by atoms with E-state index in [1.54, 1.807) is 38.1 Å². The molecule has 3 rings (SSSR count). The van der Waals surface area contributed by atoms with Crippen molar-refractivity contribution in [2.45, 2.75) is 31.6 Å². The van der Waals surface area contributed by atoms with Crippen LogP contribution in [0.1, 0.15) is 24.3 Å². The highest BCUT2D eigenvalue weighted by Crippen LogP contribution is 2.28. The molecule has 0 saturated carbocycles. The van der Waals surface area contributed by atoms with E-state index < -0.39 is 15.9 Å². The summed E-state index contributed by atoms with van der Waals surface area (Å²) in [6.07, 6.45) is 1.16. The summed E-state index contributed by atoms with van der Waals surface area (Å²) in [6, 6.07) is 8.60. The Morgan fingerprint density at radius 2 is 2.24 bits per heavy atom. The van der Waals surface area contributed by atoms with Gasteiger partial charge in [-0.15, -0.1) is 0 Å². The highest BCUT2D eigenvalue weighted by Gasteiger charge is 2.36. The molecule has 10 heteroatoms. The summed E-state index contributed by atoms with van der Waals surface area (Å²) in [7, 11) is -3.79. The van der Waals surface area contributed by atoms with Gasteiger partial charge in [0.1, 0.15) is 22.4 Å². The van der Waals surface area contributed by atoms with Gasteiger partial charge in [0, 0.05) is 24.8 Å². The van der Waals surface area contributed by atoms with Crippen molar-refractivity contribution in [3.05, 3.63) is 35.7 Å². The first kappa shape index (κ1) is 20.8. The van der Waals surface area contributed by atoms with Gasteiger partial charge >= 0.3 is 0 Å². The van der Waals surface area contributed by atoms with Crippen LogP contribution in [0.2, 0.25) is 0 Å². The van der Waals surface area contributed by atoms with Crippen molar-refractivity contribution >= 4 is 21.6 Å². The number of hydrogen-bond donors (Lipinski definition) is 1. The van der Waals surface area contributed by atoms with Crippen LogP contribution < -0.4 is 10.1 Å². The summed E-state index contributed by atoms with van der Waals surface area (Å²) in [5, 5.41) is 15.1. The summed E-state index contributed by atoms with van der Waals surface area (Å²) in [5.41, 5.74) is 0.833. The van der Waals surface area contributed by atoms with Crippen LogP contribution in [0.4, 0.5) is 5.69 Å². The largest absolute Gasteiger partial charge is 0.479 e. The second-order valence-corrected chi connectivity index (χ2v) is 8.69. The zero-order valence-electron chi connectivity index (χ0n) is 16.2. The average Bonchev–Trinajstić information content (AvgIpc) is 3.05. The molecule has 154 valence electrons. The van der Waals surface area contributed by atoms with Crippen molar-refractivity contribution in [1.29, 1.82) is 5.26 Å². The molecule has 9 nitrogen and oxygen atoms in total. The number of carbonyl (C=O) groups is 1. The number of nitrogens with one attached hydrogen (secondary N) is 1. The van der Waals surface area contributed by atoms with Crippen molar-refractivity contribution in [1.82, 2.24) is 9.46 Å². The lowest BCUT2D eigenvalue weighted by Gasteiger charge is -2.31. The lowest BCUT2D eigenvalue weighted by Crippen LogP contribution is -2.43. The van der Waals surface area contributed by atoms with E-state index in [1.165, 1.54) is 4.31 Å². The molecule has 1 N–H and O–H groups in total. The molecular weight excluding hydrogens is 396 g/mol. The number of aryl methyl sites for hydroxylation is 2. The van der Waals surface area contributed by atoms with E-state index in [-0.39, 0.29) is 29.7 Å². The number of anilines is 1. The maximum absolute atomic E-state index is 13.0. The molecule has 2 heterocycles. The third kappa shape index (κ3) is 4.58. The number of hydrogen-bond acceptors (Lipinski definition) is 7. The monoisotopic (exact) mass is 418 g/mol. The zero-order valence-corrected chi connectivity index (χ0v) is 17.0. The third-order valence-corrected chi connectivity index (χ3v) is 6.84. The van der Waals surface area contributed by atoms with Gasteiger partial charge in [0.15, 0.2) is 12.4 Å². The Bertz CT molecular complexity index is 1020. The van der Waals surface area contributed by atoms with Crippen LogP contribution in [0.15, 0.2) is 33.7 Å². The number of piperidine rings is 1. The molecule has 1 atom stereocenters. The Morgan fingerprint density at radius 1 is 1.45 bits per heavy atom. The lowest BCUT2D eigenvalue weighted by molar-refractivity contribution is -0.120. The summed E-state index contributed by atoms with van der Waals surface area (Å²) in [4.78, 5) is 12.8. The maximum Gasteiger partial charge on any atom is 0.248 e. The van der Waals surface area contributed by atoms with E-state index in [1.807, 2.05) is 6.07 Å². The summed E-state index contributed by atoms with van der Waals surface area (Å²) < 4.78 is 37.6. The number of rotatable bonds is 6. The molecule has 1 unspecified atom stereocenters. The maximum atomic E-state index is 13.0. The minimum atomic E-state index is -3.79. The molecule has 1 aliphatic heterocycles. The second-order valence-electron chi connectivity index (χ2n) is 6.82. The number of amides is 1. The smallest absolute Gasteiger partial charge is 0.248 e. The van der Waals surface area contributed by atoms with Crippen molar-refractivity contribution in [2.24, 2.45) is 5.92 Å². The van der Waals surface area contributed by atoms with Crippen molar-refractivity contribution in [3.63, 3.8) is 0 Å². The van der Waals surface area contributed by atoms with Gasteiger partial charge in [-0.25, -0.2) is 8.42 Å². The number of benzene rings is 1. The Kier molecular flexibility index (Phi) is 6.20. The minimum Gasteiger partial charge on any atom is -0.479 e. The molecule has 0 aliphatic carbocycles. The van der Waals surface area contributed by atoms with Crippen LogP contribution in [0.25, 0.3) is 0 Å². The zero-order chi connectivity index (χ0) is 21.0. The summed E-state index contributed by atoms with van der Waals surface area (Å²) >= 11 is 0. The average molecular weight is 418 g/mol. The Labute approximate surface area is 169 Å². The van der Waals surface area contributed by atoms with E-state index >= 15 is 0 Å². The first-order chi connectivity index (χ1) is 13.8. The molecule has 1 aliphatic rings. The van der Waals surface area contributed by atoms with E-state index in [0.29, 0.717) is 36.5 Å². The van der Waals surface area contributed by atoms with Gasteiger partial charge in [0.2, 0.25) is 15.9 Å². The predicted molar refractivity (Wildman–Crippen MR) is 104 cm³/mol. The SMILES string of the molecule is Cc1noc(C)c1S(=O)(=O)N1CCCC(C(=O)Nc2cccc(OCC#N)c2)C1. The number of carbonyl (C=O) groups excluding carboxylic acids is 1. The van der Waals surface area contributed by atoms with Crippen LogP contribution in [-0.4, -0.2) is 43.5 Å². The van der Waals surface area contributed by atoms with Crippen LogP contribution in [0, 0.1) is 31.1 Å². The van der Waals surface area contributed by atoms with E-state index in [2.05, 4.69) is 10.5 Å². The molecule has 0 radical (unpaired) electrons.